The fourth-order valence-electron chi connectivity index (χ4n) is 2.02. The van der Waals surface area contributed by atoms with E-state index in [9.17, 15) is 14.4 Å². The molecule has 1 heterocycles. The molecule has 0 atom stereocenters. The van der Waals surface area contributed by atoms with Crippen LogP contribution in [0.1, 0.15) is 27.1 Å². The minimum Gasteiger partial charge on any atom is -0.351 e. The van der Waals surface area contributed by atoms with Crippen molar-refractivity contribution in [1.82, 2.24) is 10.2 Å². The van der Waals surface area contributed by atoms with Gasteiger partial charge in [-0.15, -0.1) is 0 Å². The summed E-state index contributed by atoms with van der Waals surface area (Å²) in [5.41, 5.74) is 1.48. The molecule has 3 amide bonds. The molecule has 6 nitrogen and oxygen atoms in total. The average Bonchev–Trinajstić information content (AvgIpc) is 3.09. The van der Waals surface area contributed by atoms with Gasteiger partial charge >= 0.3 is 0 Å². The maximum absolute atomic E-state index is 12.1. The van der Waals surface area contributed by atoms with Crippen LogP contribution in [0.4, 0.5) is 5.69 Å². The van der Waals surface area contributed by atoms with Crippen molar-refractivity contribution in [1.29, 1.82) is 0 Å². The van der Waals surface area contributed by atoms with Gasteiger partial charge in [-0.2, -0.15) is 11.3 Å². The number of thiophene rings is 1. The Hall–Kier alpha value is -2.67. The summed E-state index contributed by atoms with van der Waals surface area (Å²) in [6.07, 6.45) is 0.125. The molecule has 7 heteroatoms. The molecule has 2 N–H and O–H groups in total. The van der Waals surface area contributed by atoms with E-state index in [1.54, 1.807) is 49.8 Å². The summed E-state index contributed by atoms with van der Waals surface area (Å²) < 4.78 is 0. The van der Waals surface area contributed by atoms with Gasteiger partial charge in [-0.25, -0.2) is 0 Å². The third kappa shape index (κ3) is 4.66. The molecule has 1 aromatic heterocycles. The van der Waals surface area contributed by atoms with Gasteiger partial charge in [0.15, 0.2) is 0 Å². The smallest absolute Gasteiger partial charge is 0.255 e. The van der Waals surface area contributed by atoms with Crippen LogP contribution in [0.5, 0.6) is 0 Å². The van der Waals surface area contributed by atoms with Crippen molar-refractivity contribution in [3.63, 3.8) is 0 Å². The zero-order valence-electron chi connectivity index (χ0n) is 13.5. The predicted octanol–water partition coefficient (Wildman–Crippen LogP) is 2.21. The molecule has 2 aromatic rings. The Morgan fingerprint density at radius 3 is 2.54 bits per heavy atom. The second kappa shape index (κ2) is 8.26. The van der Waals surface area contributed by atoms with Crippen LogP contribution in [-0.2, 0) is 4.79 Å². The normalized spacial score (nSPS) is 10.1. The molecule has 0 fully saturated rings. The highest BCUT2D eigenvalue weighted by Gasteiger charge is 2.14. The lowest BCUT2D eigenvalue weighted by Gasteiger charge is -2.14. The number of rotatable bonds is 6. The van der Waals surface area contributed by atoms with E-state index in [1.165, 1.54) is 16.2 Å². The molecule has 0 saturated carbocycles. The average molecular weight is 345 g/mol. The molecule has 0 aliphatic carbocycles. The van der Waals surface area contributed by atoms with Crippen molar-refractivity contribution in [2.24, 2.45) is 0 Å². The fourth-order valence-corrected chi connectivity index (χ4v) is 2.65. The molecule has 1 aromatic carbocycles. The van der Waals surface area contributed by atoms with Gasteiger partial charge in [0, 0.05) is 38.0 Å². The highest BCUT2D eigenvalue weighted by molar-refractivity contribution is 7.08. The minimum absolute atomic E-state index is 0.125. The van der Waals surface area contributed by atoms with Gasteiger partial charge in [0.1, 0.15) is 0 Å². The van der Waals surface area contributed by atoms with Crippen LogP contribution in [0.2, 0.25) is 0 Å². The molecule has 24 heavy (non-hydrogen) atoms. The monoisotopic (exact) mass is 345 g/mol. The van der Waals surface area contributed by atoms with Crippen molar-refractivity contribution < 1.29 is 14.4 Å². The van der Waals surface area contributed by atoms with Crippen LogP contribution >= 0.6 is 11.3 Å². The molecule has 0 aliphatic rings. The Kier molecular flexibility index (Phi) is 6.08. The summed E-state index contributed by atoms with van der Waals surface area (Å²) in [7, 11) is 3.31. The molecular weight excluding hydrogens is 326 g/mol. The van der Waals surface area contributed by atoms with E-state index in [1.807, 2.05) is 5.38 Å². The van der Waals surface area contributed by atoms with E-state index in [0.717, 1.165) is 0 Å². The van der Waals surface area contributed by atoms with E-state index >= 15 is 0 Å². The van der Waals surface area contributed by atoms with Crippen LogP contribution in [0.25, 0.3) is 0 Å². The molecule has 0 bridgehead atoms. The van der Waals surface area contributed by atoms with Gasteiger partial charge in [0.2, 0.25) is 5.91 Å². The number of hydrogen-bond donors (Lipinski definition) is 2. The molecule has 0 unspecified atom stereocenters. The van der Waals surface area contributed by atoms with Crippen LogP contribution in [-0.4, -0.2) is 43.3 Å². The molecule has 0 spiro atoms. The summed E-state index contributed by atoms with van der Waals surface area (Å²) in [5, 5.41) is 8.98. The maximum Gasteiger partial charge on any atom is 0.255 e. The number of benzene rings is 1. The van der Waals surface area contributed by atoms with Crippen molar-refractivity contribution in [3.05, 3.63) is 52.2 Å². The first-order valence-electron chi connectivity index (χ1n) is 7.40. The quantitative estimate of drug-likeness (QED) is 0.842. The summed E-state index contributed by atoms with van der Waals surface area (Å²) in [5.74, 6) is -0.650. The number of nitrogens with one attached hydrogen (secondary N) is 2. The van der Waals surface area contributed by atoms with Crippen LogP contribution in [0.15, 0.2) is 41.1 Å². The van der Waals surface area contributed by atoms with Crippen molar-refractivity contribution >= 4 is 34.7 Å². The number of amides is 3. The number of para-hydroxylation sites is 1. The van der Waals surface area contributed by atoms with Crippen molar-refractivity contribution in [2.45, 2.75) is 6.42 Å². The third-order valence-corrected chi connectivity index (χ3v) is 3.94. The fraction of sp³-hybridized carbons (Fsp3) is 0.235. The Labute approximate surface area is 144 Å². The minimum atomic E-state index is -0.264. The maximum atomic E-state index is 12.1. The van der Waals surface area contributed by atoms with Gasteiger partial charge < -0.3 is 15.5 Å². The zero-order chi connectivity index (χ0) is 17.5. The number of nitrogens with zero attached hydrogens (tertiary/aromatic N) is 1. The van der Waals surface area contributed by atoms with Gasteiger partial charge in [-0.05, 0) is 23.6 Å². The predicted molar refractivity (Wildman–Crippen MR) is 94.4 cm³/mol. The Morgan fingerprint density at radius 1 is 1.12 bits per heavy atom. The summed E-state index contributed by atoms with van der Waals surface area (Å²) in [6.45, 7) is 0.226. The van der Waals surface area contributed by atoms with E-state index in [4.69, 9.17) is 0 Å². The summed E-state index contributed by atoms with van der Waals surface area (Å²) >= 11 is 1.44. The number of carbonyl (C=O) groups is 3. The summed E-state index contributed by atoms with van der Waals surface area (Å²) in [6, 6.07) is 8.56. The van der Waals surface area contributed by atoms with Crippen LogP contribution in [0, 0.1) is 0 Å². The third-order valence-electron chi connectivity index (χ3n) is 3.26. The number of carbonyl (C=O) groups excluding carboxylic acids is 3. The highest BCUT2D eigenvalue weighted by atomic mass is 32.1. The molecule has 0 aliphatic heterocycles. The molecule has 0 saturated heterocycles. The zero-order valence-corrected chi connectivity index (χ0v) is 14.4. The first-order chi connectivity index (χ1) is 11.5. The lowest BCUT2D eigenvalue weighted by Crippen LogP contribution is -2.28. The Bertz CT molecular complexity index is 726. The lowest BCUT2D eigenvalue weighted by atomic mass is 10.1. The largest absolute Gasteiger partial charge is 0.351 e. The van der Waals surface area contributed by atoms with Crippen LogP contribution < -0.4 is 10.6 Å². The first kappa shape index (κ1) is 17.7. The van der Waals surface area contributed by atoms with Crippen LogP contribution in [0.3, 0.4) is 0 Å². The van der Waals surface area contributed by atoms with Gasteiger partial charge in [0.25, 0.3) is 11.8 Å². The topological polar surface area (TPSA) is 78.5 Å². The van der Waals surface area contributed by atoms with E-state index < -0.39 is 0 Å². The molecule has 2 rings (SSSR count). The lowest BCUT2D eigenvalue weighted by molar-refractivity contribution is -0.116. The Balaban J connectivity index is 1.89. The number of hydrogen-bond acceptors (Lipinski definition) is 4. The second-order valence-electron chi connectivity index (χ2n) is 5.31. The molecule has 126 valence electrons. The molecular formula is C17H19N3O3S. The SMILES string of the molecule is CN(C)C(=O)c1ccccc1NC(=O)CCNC(=O)c1ccsc1. The van der Waals surface area contributed by atoms with E-state index in [0.29, 0.717) is 16.8 Å². The molecule has 0 radical (unpaired) electrons. The highest BCUT2D eigenvalue weighted by Crippen LogP contribution is 2.16. The number of anilines is 1. The second-order valence-corrected chi connectivity index (χ2v) is 6.09. The van der Waals surface area contributed by atoms with Gasteiger partial charge in [-0.1, -0.05) is 12.1 Å². The Morgan fingerprint density at radius 2 is 1.88 bits per heavy atom. The van der Waals surface area contributed by atoms with Crippen molar-refractivity contribution in [3.8, 4) is 0 Å². The van der Waals surface area contributed by atoms with E-state index in [2.05, 4.69) is 10.6 Å². The van der Waals surface area contributed by atoms with Crippen molar-refractivity contribution in [2.75, 3.05) is 26.0 Å². The summed E-state index contributed by atoms with van der Waals surface area (Å²) in [4.78, 5) is 37.4. The van der Waals surface area contributed by atoms with E-state index in [-0.39, 0.29) is 30.7 Å². The standard InChI is InChI=1S/C17H19N3O3S/c1-20(2)17(23)13-5-3-4-6-14(13)19-15(21)7-9-18-16(22)12-8-10-24-11-12/h3-6,8,10-11H,7,9H2,1-2H3,(H,18,22)(H,19,21). The first-order valence-corrected chi connectivity index (χ1v) is 8.34. The van der Waals surface area contributed by atoms with Gasteiger partial charge in [-0.3, -0.25) is 14.4 Å². The van der Waals surface area contributed by atoms with Gasteiger partial charge in [0.05, 0.1) is 11.3 Å².